The molecule has 0 fully saturated rings. The van der Waals surface area contributed by atoms with Crippen molar-refractivity contribution in [3.63, 3.8) is 0 Å². The molecule has 7 heteroatoms. The average molecular weight is 354 g/mol. The van der Waals surface area contributed by atoms with Gasteiger partial charge in [0, 0.05) is 23.6 Å². The molecule has 0 spiro atoms. The van der Waals surface area contributed by atoms with Gasteiger partial charge >= 0.3 is 0 Å². The molecule has 3 aromatic rings. The summed E-state index contributed by atoms with van der Waals surface area (Å²) in [6.45, 7) is 0. The van der Waals surface area contributed by atoms with Gasteiger partial charge in [-0.3, -0.25) is 4.79 Å². The topological polar surface area (TPSA) is 96.3 Å². The fourth-order valence-electron chi connectivity index (χ4n) is 2.52. The van der Waals surface area contributed by atoms with E-state index in [4.69, 9.17) is 24.4 Å². The third-order valence-corrected chi connectivity index (χ3v) is 3.79. The van der Waals surface area contributed by atoms with Crippen LogP contribution in [0.15, 0.2) is 51.9 Å². The van der Waals surface area contributed by atoms with Crippen LogP contribution in [0.4, 0.5) is 5.69 Å². The molecule has 1 aromatic heterocycles. The first-order valence-electron chi connectivity index (χ1n) is 7.74. The Bertz CT molecular complexity index is 1020. The van der Waals surface area contributed by atoms with E-state index in [-0.39, 0.29) is 11.1 Å². The maximum atomic E-state index is 11.9. The van der Waals surface area contributed by atoms with E-state index in [2.05, 4.69) is 4.99 Å². The fourth-order valence-corrected chi connectivity index (χ4v) is 2.52. The van der Waals surface area contributed by atoms with Crippen LogP contribution in [-0.2, 0) is 0 Å². The zero-order valence-corrected chi connectivity index (χ0v) is 14.6. The molecule has 2 aromatic carbocycles. The van der Waals surface area contributed by atoms with Crippen LogP contribution >= 0.6 is 0 Å². The van der Waals surface area contributed by atoms with Gasteiger partial charge in [-0.05, 0) is 12.1 Å². The lowest BCUT2D eigenvalue weighted by atomic mass is 10.1. The van der Waals surface area contributed by atoms with Gasteiger partial charge in [0.1, 0.15) is 17.1 Å². The molecule has 0 radical (unpaired) electrons. The predicted molar refractivity (Wildman–Crippen MR) is 96.1 cm³/mol. The van der Waals surface area contributed by atoms with E-state index in [0.717, 1.165) is 0 Å². The number of para-hydroxylation sites is 1. The fraction of sp³-hybridized carbons (Fsp3) is 0.158. The number of nitrogens with zero attached hydrogens (tertiary/aromatic N) is 1. The van der Waals surface area contributed by atoms with Crippen molar-refractivity contribution in [2.24, 2.45) is 10.7 Å². The lowest BCUT2D eigenvalue weighted by molar-refractivity contribution is 0.0996. The minimum Gasteiger partial charge on any atom is -0.497 e. The molecule has 2 N–H and O–H groups in total. The summed E-state index contributed by atoms with van der Waals surface area (Å²) in [6, 6.07) is 12.1. The average Bonchev–Trinajstić information content (AvgIpc) is 2.66. The number of fused-ring (bicyclic) bond motifs is 1. The van der Waals surface area contributed by atoms with Crippen LogP contribution in [0.25, 0.3) is 11.0 Å². The van der Waals surface area contributed by atoms with Crippen molar-refractivity contribution in [3.8, 4) is 17.2 Å². The Labute approximate surface area is 149 Å². The van der Waals surface area contributed by atoms with Crippen LogP contribution in [0.5, 0.6) is 17.2 Å². The molecule has 0 saturated carbocycles. The van der Waals surface area contributed by atoms with Crippen molar-refractivity contribution in [1.29, 1.82) is 0 Å². The van der Waals surface area contributed by atoms with Crippen LogP contribution in [0.3, 0.4) is 0 Å². The van der Waals surface area contributed by atoms with E-state index in [1.807, 2.05) is 0 Å². The largest absolute Gasteiger partial charge is 0.497 e. The van der Waals surface area contributed by atoms with Crippen molar-refractivity contribution >= 4 is 22.6 Å². The number of primary amides is 1. The summed E-state index contributed by atoms with van der Waals surface area (Å²) in [5.41, 5.74) is 6.69. The summed E-state index contributed by atoms with van der Waals surface area (Å²) >= 11 is 0. The van der Waals surface area contributed by atoms with E-state index in [9.17, 15) is 4.79 Å². The first kappa shape index (κ1) is 17.3. The number of carbonyl (C=O) groups is 1. The van der Waals surface area contributed by atoms with Gasteiger partial charge in [0.05, 0.1) is 27.0 Å². The molecule has 1 heterocycles. The molecule has 26 heavy (non-hydrogen) atoms. The second-order valence-corrected chi connectivity index (χ2v) is 5.39. The van der Waals surface area contributed by atoms with Crippen molar-refractivity contribution in [2.75, 3.05) is 21.3 Å². The van der Waals surface area contributed by atoms with Gasteiger partial charge in [0.2, 0.25) is 5.55 Å². The number of benzene rings is 2. The second-order valence-electron chi connectivity index (χ2n) is 5.39. The SMILES string of the molecule is COc1cc(N=c2oc3c(OC)cccc3cc2C(N)=O)cc(OC)c1. The van der Waals surface area contributed by atoms with E-state index in [1.165, 1.54) is 7.11 Å². The van der Waals surface area contributed by atoms with E-state index in [1.54, 1.807) is 56.7 Å². The first-order chi connectivity index (χ1) is 12.5. The Kier molecular flexibility index (Phi) is 4.79. The van der Waals surface area contributed by atoms with Gasteiger partial charge in [-0.1, -0.05) is 12.1 Å². The Morgan fingerprint density at radius 2 is 1.69 bits per heavy atom. The standard InChI is InChI=1S/C19H18N2O5/c1-23-13-8-12(9-14(10-13)24-2)21-19-15(18(20)22)7-11-5-4-6-16(25-3)17(11)26-19/h4-10H,1-3H3,(H2,20,22). The van der Waals surface area contributed by atoms with Gasteiger partial charge in [0.15, 0.2) is 11.3 Å². The number of methoxy groups -OCH3 is 3. The number of nitrogens with two attached hydrogens (primary N) is 1. The summed E-state index contributed by atoms with van der Waals surface area (Å²) < 4.78 is 21.6. The van der Waals surface area contributed by atoms with Crippen molar-refractivity contribution < 1.29 is 23.4 Å². The van der Waals surface area contributed by atoms with Gasteiger partial charge in [0.25, 0.3) is 5.91 Å². The maximum absolute atomic E-state index is 11.9. The Balaban J connectivity index is 2.30. The summed E-state index contributed by atoms with van der Waals surface area (Å²) in [6.07, 6.45) is 0. The lowest BCUT2D eigenvalue weighted by Crippen LogP contribution is -2.21. The predicted octanol–water partition coefficient (Wildman–Crippen LogP) is 2.79. The highest BCUT2D eigenvalue weighted by Gasteiger charge is 2.12. The van der Waals surface area contributed by atoms with E-state index >= 15 is 0 Å². The molecule has 0 aliphatic carbocycles. The van der Waals surface area contributed by atoms with Gasteiger partial charge in [-0.2, -0.15) is 0 Å². The lowest BCUT2D eigenvalue weighted by Gasteiger charge is -2.07. The molecule has 0 unspecified atom stereocenters. The summed E-state index contributed by atoms with van der Waals surface area (Å²) in [4.78, 5) is 16.3. The van der Waals surface area contributed by atoms with Crippen LogP contribution in [0.2, 0.25) is 0 Å². The molecule has 0 saturated heterocycles. The van der Waals surface area contributed by atoms with Crippen LogP contribution in [0, 0.1) is 0 Å². The molecule has 134 valence electrons. The monoisotopic (exact) mass is 354 g/mol. The normalized spacial score (nSPS) is 11.4. The van der Waals surface area contributed by atoms with E-state index < -0.39 is 5.91 Å². The molecular formula is C19H18N2O5. The zero-order valence-electron chi connectivity index (χ0n) is 14.6. The highest BCUT2D eigenvalue weighted by atomic mass is 16.5. The number of ether oxygens (including phenoxy) is 3. The molecular weight excluding hydrogens is 336 g/mol. The summed E-state index contributed by atoms with van der Waals surface area (Å²) in [5.74, 6) is 0.995. The number of amides is 1. The number of carbonyl (C=O) groups excluding carboxylic acids is 1. The van der Waals surface area contributed by atoms with Crippen molar-refractivity contribution in [1.82, 2.24) is 0 Å². The maximum Gasteiger partial charge on any atom is 0.254 e. The van der Waals surface area contributed by atoms with Crippen LogP contribution < -0.4 is 25.5 Å². The second kappa shape index (κ2) is 7.18. The number of hydrogen-bond acceptors (Lipinski definition) is 6. The third kappa shape index (κ3) is 3.32. The Morgan fingerprint density at radius 1 is 1.00 bits per heavy atom. The van der Waals surface area contributed by atoms with E-state index in [0.29, 0.717) is 33.9 Å². The van der Waals surface area contributed by atoms with Crippen molar-refractivity contribution in [3.05, 3.63) is 53.6 Å². The third-order valence-electron chi connectivity index (χ3n) is 3.79. The van der Waals surface area contributed by atoms with Gasteiger partial charge in [-0.15, -0.1) is 0 Å². The van der Waals surface area contributed by atoms with Crippen LogP contribution in [-0.4, -0.2) is 27.2 Å². The molecule has 3 rings (SSSR count). The smallest absolute Gasteiger partial charge is 0.254 e. The Morgan fingerprint density at radius 3 is 2.27 bits per heavy atom. The Hall–Kier alpha value is -3.48. The molecule has 1 amide bonds. The number of rotatable bonds is 5. The number of hydrogen-bond donors (Lipinski definition) is 1. The molecule has 7 nitrogen and oxygen atoms in total. The van der Waals surface area contributed by atoms with Crippen LogP contribution in [0.1, 0.15) is 10.4 Å². The van der Waals surface area contributed by atoms with Crippen molar-refractivity contribution in [2.45, 2.75) is 0 Å². The molecule has 0 aliphatic heterocycles. The highest BCUT2D eigenvalue weighted by Crippen LogP contribution is 2.28. The minimum absolute atomic E-state index is 0.0739. The quantitative estimate of drug-likeness (QED) is 0.760. The van der Waals surface area contributed by atoms with Gasteiger partial charge in [-0.25, -0.2) is 4.99 Å². The zero-order chi connectivity index (χ0) is 18.7. The molecule has 0 bridgehead atoms. The minimum atomic E-state index is -0.646. The first-order valence-corrected chi connectivity index (χ1v) is 7.74. The molecule has 0 atom stereocenters. The molecule has 0 aliphatic rings. The summed E-state index contributed by atoms with van der Waals surface area (Å²) in [5, 5.41) is 0.681. The highest BCUT2D eigenvalue weighted by molar-refractivity contribution is 5.96. The van der Waals surface area contributed by atoms with Gasteiger partial charge < -0.3 is 24.4 Å². The summed E-state index contributed by atoms with van der Waals surface area (Å²) in [7, 11) is 4.62.